The van der Waals surface area contributed by atoms with Crippen LogP contribution in [0.3, 0.4) is 0 Å². The highest BCUT2D eigenvalue weighted by Crippen LogP contribution is 2.39. The van der Waals surface area contributed by atoms with E-state index in [1.807, 2.05) is 87.3 Å². The van der Waals surface area contributed by atoms with Gasteiger partial charge in [0.25, 0.3) is 60.7 Å². The van der Waals surface area contributed by atoms with E-state index in [4.69, 9.17) is 30.1 Å². The van der Waals surface area contributed by atoms with Crippen LogP contribution in [0.5, 0.6) is 5.75 Å². The lowest BCUT2D eigenvalue weighted by Gasteiger charge is -2.20. The van der Waals surface area contributed by atoms with Gasteiger partial charge in [0.2, 0.25) is 0 Å². The molecule has 0 spiro atoms. The lowest BCUT2D eigenvalue weighted by Crippen LogP contribution is -2.14. The van der Waals surface area contributed by atoms with Crippen molar-refractivity contribution in [2.24, 2.45) is 0 Å². The van der Waals surface area contributed by atoms with Gasteiger partial charge < -0.3 is 8.92 Å². The molecular weight excluding hydrogens is 1670 g/mol. The Hall–Kier alpha value is -7.11. The zero-order chi connectivity index (χ0) is 89.9. The molecule has 0 saturated carbocycles. The van der Waals surface area contributed by atoms with Gasteiger partial charge in [-0.25, -0.2) is 13.2 Å². The molecule has 0 radical (unpaired) electrons. The van der Waals surface area contributed by atoms with Crippen LogP contribution in [0, 0.1) is 42.1 Å². The summed E-state index contributed by atoms with van der Waals surface area (Å²) in [6.07, 6.45) is 12.9. The molecule has 0 bridgehead atoms. The third-order valence-electron chi connectivity index (χ3n) is 17.0. The van der Waals surface area contributed by atoms with Crippen LogP contribution in [0.4, 0.5) is 13.2 Å². The molecule has 0 amide bonds. The van der Waals surface area contributed by atoms with E-state index in [0.717, 1.165) is 71.8 Å². The van der Waals surface area contributed by atoms with Crippen LogP contribution in [0.2, 0.25) is 0 Å². The molecule has 6 rings (SSSR count). The van der Waals surface area contributed by atoms with Crippen molar-refractivity contribution in [2.75, 3.05) is 55.4 Å². The highest BCUT2D eigenvalue weighted by molar-refractivity contribution is 7.89. The average molecular weight is 1790 g/mol. The van der Waals surface area contributed by atoms with Gasteiger partial charge in [-0.3, -0.25) is 29.3 Å². The van der Waals surface area contributed by atoms with Crippen molar-refractivity contribution in [3.63, 3.8) is 0 Å². The molecule has 0 aliphatic rings. The molecule has 0 atom stereocenters. The van der Waals surface area contributed by atoms with E-state index in [2.05, 4.69) is 47.3 Å². The second kappa shape index (κ2) is 46.5. The number of halogens is 3. The van der Waals surface area contributed by atoms with Crippen LogP contribution >= 0.6 is 0 Å². The molecule has 0 unspecified atom stereocenters. The molecule has 116 heavy (non-hydrogen) atoms. The smallest absolute Gasteiger partial charge is 0.339 e. The molecule has 0 aliphatic heterocycles. The fourth-order valence-corrected chi connectivity index (χ4v) is 19.2. The Balaban J connectivity index is 0.000000697. The molecule has 0 heterocycles. The Morgan fingerprint density at radius 2 is 0.698 bits per heavy atom. The van der Waals surface area contributed by atoms with E-state index >= 15 is 0 Å². The molecule has 0 saturated heterocycles. The van der Waals surface area contributed by atoms with E-state index in [-0.39, 0.29) is 94.8 Å². The summed E-state index contributed by atoms with van der Waals surface area (Å²) in [5.41, 5.74) is 5.34. The van der Waals surface area contributed by atoms with Crippen molar-refractivity contribution in [3.05, 3.63) is 171 Å². The Bertz CT molecular complexity index is 5160. The van der Waals surface area contributed by atoms with Gasteiger partial charge in [0, 0.05) is 0 Å². The SMILES string of the molecule is C#CCOS(=O)(=O)c1c(C(C)C)cc(F)cc1C(C)C.C#CCOS(=O)(=O)c1c(F)cc(C(C)C)cc1F.C=COS(=O)(=O)c1c(C(C)C)cc(OC)cc1C(C)C.CCOS(=O)(=O)c1ccc(C(CC)CC)cc1.COS(=O)(=O)c1cc(C(C)C)cc(S(=O)(=O)OC)c1.COS(=O)(=O)c1cc(S(=O)(=O)OC)c(C(C)C)cc1C(C)C. The number of hydrogen-bond donors (Lipinski definition) is 0. The first kappa shape index (κ1) is 107. The first-order valence-corrected chi connectivity index (χ1v) is 47.5. The fraction of sp³-hybridized carbons (Fsp3) is 0.475. The maximum Gasteiger partial charge on any atom is 0.339 e. The molecular formula is C80H111F3O25S8. The molecule has 0 fully saturated rings. The van der Waals surface area contributed by atoms with E-state index in [1.165, 1.54) is 29.8 Å². The molecule has 0 aliphatic carbocycles. The molecule has 0 aromatic heterocycles. The summed E-state index contributed by atoms with van der Waals surface area (Å²) >= 11 is 0. The maximum absolute atomic E-state index is 13.7. The van der Waals surface area contributed by atoms with Gasteiger partial charge in [-0.2, -0.15) is 67.3 Å². The second-order valence-electron chi connectivity index (χ2n) is 27.7. The highest BCUT2D eigenvalue weighted by Gasteiger charge is 2.33. The van der Waals surface area contributed by atoms with Crippen molar-refractivity contribution < 1.29 is 119 Å². The summed E-state index contributed by atoms with van der Waals surface area (Å²) in [5.74, 6) is 1.73. The standard InChI is InChI=1S/C15H19FO3S.C15H22O4S.C14H22O6S2.C13H20O3S.C12H12F2O3S.C11H16O6S2/c1-6-7-19-20(17,18)15-13(10(2)3)8-12(16)9-14(15)11(4)5;1-7-19-20(16,17)15-13(10(2)3)8-12(18-6)9-14(15)11(4)5;1-9(2)11-7-12(10(3)4)14(22(17,18)20-6)8-13(11)21(15,16)19-5;1-4-11(5-2)12-7-9-13(10-8-12)17(14,15)16-6-3;1-4-5-17-18(15,16)12-10(13)6-9(8(2)3)7-11(12)14;1-8(2)9-5-10(18(12,13)16-3)7-11(6-9)19(14,15)17-4/h1,8-11H,7H2,2-5H3;7-11H,1H2,2-6H3;7-10H,1-6H3;7-11H,4-6H2,1-3H3;1,6-8H,5H2,2-3H3;5-8H,1-4H3. The van der Waals surface area contributed by atoms with Crippen LogP contribution in [0.25, 0.3) is 0 Å². The maximum atomic E-state index is 13.7. The summed E-state index contributed by atoms with van der Waals surface area (Å²) in [4.78, 5) is -1.33. The minimum Gasteiger partial charge on any atom is -0.497 e. The molecule has 6 aromatic carbocycles. The fourth-order valence-electron chi connectivity index (χ4n) is 10.7. The van der Waals surface area contributed by atoms with Gasteiger partial charge in [0.05, 0.1) is 72.9 Å². The molecule has 0 N–H and O–H groups in total. The van der Waals surface area contributed by atoms with E-state index < -0.39 is 110 Å². The minimum atomic E-state index is -4.52. The Morgan fingerprint density at radius 1 is 0.362 bits per heavy atom. The largest absolute Gasteiger partial charge is 0.497 e. The van der Waals surface area contributed by atoms with Gasteiger partial charge >= 0.3 is 20.2 Å². The van der Waals surface area contributed by atoms with Gasteiger partial charge in [-0.15, -0.1) is 12.8 Å². The molecule has 650 valence electrons. The van der Waals surface area contributed by atoms with Crippen molar-refractivity contribution in [1.29, 1.82) is 0 Å². The predicted molar refractivity (Wildman–Crippen MR) is 439 cm³/mol. The van der Waals surface area contributed by atoms with Crippen LogP contribution < -0.4 is 4.74 Å². The van der Waals surface area contributed by atoms with E-state index in [9.17, 15) is 80.5 Å². The average Bonchev–Trinajstić information content (AvgIpc) is 0.674. The minimum absolute atomic E-state index is 0.0285. The third kappa shape index (κ3) is 30.3. The molecule has 25 nitrogen and oxygen atoms in total. The van der Waals surface area contributed by atoms with Gasteiger partial charge in [-0.1, -0.05) is 161 Å². The van der Waals surface area contributed by atoms with Crippen LogP contribution in [0.15, 0.2) is 143 Å². The van der Waals surface area contributed by atoms with Crippen molar-refractivity contribution in [3.8, 4) is 30.4 Å². The van der Waals surface area contributed by atoms with E-state index in [0.29, 0.717) is 56.2 Å². The third-order valence-corrected chi connectivity index (χ3v) is 27.7. The zero-order valence-corrected chi connectivity index (χ0v) is 76.5. The summed E-state index contributed by atoms with van der Waals surface area (Å²) < 4.78 is 274. The first-order chi connectivity index (χ1) is 53.4. The lowest BCUT2D eigenvalue weighted by atomic mass is 9.94. The number of benzene rings is 6. The number of rotatable bonds is 32. The second-order valence-corrected chi connectivity index (χ2v) is 40.8. The van der Waals surface area contributed by atoms with E-state index in [1.54, 1.807) is 85.9 Å². The molecule has 36 heteroatoms. The van der Waals surface area contributed by atoms with Crippen LogP contribution in [-0.2, 0) is 114 Å². The first-order valence-electron chi connectivity index (χ1n) is 36.2. The number of methoxy groups -OCH3 is 1. The summed E-state index contributed by atoms with van der Waals surface area (Å²) in [7, 11) is -26.2. The quantitative estimate of drug-likeness (QED) is 0.0215. The number of ether oxygens (including phenoxy) is 1. The van der Waals surface area contributed by atoms with Gasteiger partial charge in [0.15, 0.2) is 4.90 Å². The highest BCUT2D eigenvalue weighted by atomic mass is 32.3. The normalized spacial score (nSPS) is 12.2. The Morgan fingerprint density at radius 3 is 1.00 bits per heavy atom. The van der Waals surface area contributed by atoms with Crippen molar-refractivity contribution in [1.82, 2.24) is 0 Å². The number of hydrogen-bond acceptors (Lipinski definition) is 25. The summed E-state index contributed by atoms with van der Waals surface area (Å²) in [5, 5.41) is 0. The van der Waals surface area contributed by atoms with Crippen molar-refractivity contribution >= 4 is 80.9 Å². The zero-order valence-electron chi connectivity index (χ0n) is 69.9. The Kier molecular flexibility index (Phi) is 42.8. The molecule has 6 aromatic rings. The summed E-state index contributed by atoms with van der Waals surface area (Å²) in [6.45, 7) is 37.9. The monoisotopic (exact) mass is 1780 g/mol. The Labute approximate surface area is 688 Å². The van der Waals surface area contributed by atoms with Gasteiger partial charge in [-0.05, 0) is 196 Å². The predicted octanol–water partition coefficient (Wildman–Crippen LogP) is 17.0. The number of terminal acetylenes is 2. The van der Waals surface area contributed by atoms with Crippen molar-refractivity contribution in [2.45, 2.75) is 237 Å². The summed E-state index contributed by atoms with van der Waals surface area (Å²) in [6, 6.07) is 21.4. The van der Waals surface area contributed by atoms with Gasteiger partial charge in [0.1, 0.15) is 46.2 Å². The lowest BCUT2D eigenvalue weighted by molar-refractivity contribution is 0.338. The topological polar surface area (TPSA) is 356 Å². The van der Waals surface area contributed by atoms with Crippen LogP contribution in [0.1, 0.15) is 248 Å². The van der Waals surface area contributed by atoms with Crippen LogP contribution in [-0.4, -0.2) is 123 Å².